The molecule has 2 aromatic rings. The second kappa shape index (κ2) is 9.68. The topological polar surface area (TPSA) is 79.8 Å². The Bertz CT molecular complexity index is 1070. The summed E-state index contributed by atoms with van der Waals surface area (Å²) >= 11 is 0. The predicted octanol–water partition coefficient (Wildman–Crippen LogP) is 3.65. The fourth-order valence-corrected chi connectivity index (χ4v) is 4.29. The summed E-state index contributed by atoms with van der Waals surface area (Å²) in [6, 6.07) is 6.27. The largest absolute Gasteiger partial charge is 0.491 e. The average Bonchev–Trinajstić information content (AvgIpc) is 3.38. The van der Waals surface area contributed by atoms with Gasteiger partial charge < -0.3 is 14.5 Å². The van der Waals surface area contributed by atoms with Crippen molar-refractivity contribution in [1.82, 2.24) is 9.88 Å². The molecule has 174 valence electrons. The van der Waals surface area contributed by atoms with Gasteiger partial charge in [-0.3, -0.25) is 14.4 Å². The molecule has 0 spiro atoms. The SMILES string of the molecule is CCCCN(C)C(=O)c1ccc(OCC2CCN(c3cc(F)c4c(c3)C(=O)CC4)C2=O)cn1. The van der Waals surface area contributed by atoms with Gasteiger partial charge in [0.15, 0.2) is 5.78 Å². The zero-order valence-electron chi connectivity index (χ0n) is 19.0. The van der Waals surface area contributed by atoms with Gasteiger partial charge in [-0.2, -0.15) is 0 Å². The molecule has 1 unspecified atom stereocenters. The van der Waals surface area contributed by atoms with Gasteiger partial charge in [-0.15, -0.1) is 0 Å². The van der Waals surface area contributed by atoms with Crippen LogP contribution in [0, 0.1) is 11.7 Å². The van der Waals surface area contributed by atoms with Crippen LogP contribution < -0.4 is 9.64 Å². The van der Waals surface area contributed by atoms with Crippen molar-refractivity contribution in [1.29, 1.82) is 0 Å². The van der Waals surface area contributed by atoms with E-state index >= 15 is 0 Å². The van der Waals surface area contributed by atoms with Crippen LogP contribution in [-0.4, -0.2) is 54.2 Å². The van der Waals surface area contributed by atoms with E-state index in [1.54, 1.807) is 30.1 Å². The summed E-state index contributed by atoms with van der Waals surface area (Å²) in [6.07, 6.45) is 4.72. The Morgan fingerprint density at radius 2 is 2.09 bits per heavy atom. The maximum Gasteiger partial charge on any atom is 0.272 e. The molecule has 2 aliphatic rings. The first-order chi connectivity index (χ1) is 15.9. The van der Waals surface area contributed by atoms with Crippen molar-refractivity contribution in [3.63, 3.8) is 0 Å². The van der Waals surface area contributed by atoms with E-state index in [4.69, 9.17) is 4.74 Å². The highest BCUT2D eigenvalue weighted by atomic mass is 19.1. The lowest BCUT2D eigenvalue weighted by Crippen LogP contribution is -2.29. The first-order valence-electron chi connectivity index (χ1n) is 11.4. The second-order valence-corrected chi connectivity index (χ2v) is 8.62. The van der Waals surface area contributed by atoms with Crippen LogP contribution in [0.4, 0.5) is 10.1 Å². The van der Waals surface area contributed by atoms with Crippen LogP contribution in [-0.2, 0) is 11.2 Å². The number of ketones is 1. The Kier molecular flexibility index (Phi) is 6.72. The predicted molar refractivity (Wildman–Crippen MR) is 121 cm³/mol. The Morgan fingerprint density at radius 1 is 1.27 bits per heavy atom. The summed E-state index contributed by atoms with van der Waals surface area (Å²) in [6.45, 7) is 3.35. The summed E-state index contributed by atoms with van der Waals surface area (Å²) in [5.41, 5.74) is 1.60. The first kappa shape index (κ1) is 22.9. The van der Waals surface area contributed by atoms with Crippen LogP contribution in [0.2, 0.25) is 0 Å². The van der Waals surface area contributed by atoms with Crippen molar-refractivity contribution >= 4 is 23.3 Å². The summed E-state index contributed by atoms with van der Waals surface area (Å²) in [4.78, 5) is 44.7. The zero-order valence-corrected chi connectivity index (χ0v) is 19.0. The van der Waals surface area contributed by atoms with E-state index in [2.05, 4.69) is 11.9 Å². The molecule has 0 radical (unpaired) electrons. The maximum absolute atomic E-state index is 14.4. The molecule has 1 aliphatic carbocycles. The number of amides is 2. The van der Waals surface area contributed by atoms with Gasteiger partial charge in [0.1, 0.15) is 17.3 Å². The van der Waals surface area contributed by atoms with E-state index in [-0.39, 0.29) is 30.1 Å². The minimum atomic E-state index is -0.429. The van der Waals surface area contributed by atoms with E-state index in [1.807, 2.05) is 0 Å². The van der Waals surface area contributed by atoms with Crippen molar-refractivity contribution in [2.75, 3.05) is 31.6 Å². The van der Waals surface area contributed by atoms with Gasteiger partial charge in [0.2, 0.25) is 5.91 Å². The highest BCUT2D eigenvalue weighted by Crippen LogP contribution is 2.33. The molecule has 8 heteroatoms. The summed E-state index contributed by atoms with van der Waals surface area (Å²) < 4.78 is 20.2. The summed E-state index contributed by atoms with van der Waals surface area (Å²) in [7, 11) is 1.75. The molecule has 1 atom stereocenters. The van der Waals surface area contributed by atoms with E-state index < -0.39 is 5.82 Å². The summed E-state index contributed by atoms with van der Waals surface area (Å²) in [5, 5.41) is 0. The number of aromatic nitrogens is 1. The number of ether oxygens (including phenoxy) is 1. The number of unbranched alkanes of at least 4 members (excludes halogenated alkanes) is 1. The number of hydrogen-bond acceptors (Lipinski definition) is 5. The number of carbonyl (C=O) groups excluding carboxylic acids is 3. The van der Waals surface area contributed by atoms with Crippen LogP contribution in [0.3, 0.4) is 0 Å². The molecule has 33 heavy (non-hydrogen) atoms. The molecule has 1 aromatic carbocycles. The first-order valence-corrected chi connectivity index (χ1v) is 11.4. The monoisotopic (exact) mass is 453 g/mol. The number of rotatable bonds is 8. The number of nitrogens with zero attached hydrogens (tertiary/aromatic N) is 3. The van der Waals surface area contributed by atoms with E-state index in [0.717, 1.165) is 12.8 Å². The molecule has 0 saturated carbocycles. The van der Waals surface area contributed by atoms with E-state index in [1.165, 1.54) is 17.2 Å². The molecular formula is C25H28FN3O4. The van der Waals surface area contributed by atoms with Crippen molar-refractivity contribution < 1.29 is 23.5 Å². The van der Waals surface area contributed by atoms with Crippen LogP contribution in [0.1, 0.15) is 59.0 Å². The highest BCUT2D eigenvalue weighted by Gasteiger charge is 2.35. The molecule has 0 N–H and O–H groups in total. The van der Waals surface area contributed by atoms with Gasteiger partial charge in [-0.05, 0) is 49.1 Å². The molecule has 1 saturated heterocycles. The van der Waals surface area contributed by atoms with Crippen LogP contribution in [0.25, 0.3) is 0 Å². The van der Waals surface area contributed by atoms with E-state index in [0.29, 0.717) is 60.6 Å². The molecule has 2 amide bonds. The average molecular weight is 454 g/mol. The third kappa shape index (κ3) is 4.74. The van der Waals surface area contributed by atoms with Crippen molar-refractivity contribution in [3.8, 4) is 5.75 Å². The molecule has 1 aliphatic heterocycles. The standard InChI is InChI=1S/C25H28FN3O4/c1-3-4-10-28(2)25(32)22-7-5-18(14-27-22)33-15-16-9-11-29(24(16)31)17-12-20-19(21(26)13-17)6-8-23(20)30/h5,7,12-14,16H,3-4,6,8-11,15H2,1-2H3. The van der Waals surface area contributed by atoms with Gasteiger partial charge in [0, 0.05) is 37.8 Å². The van der Waals surface area contributed by atoms with Gasteiger partial charge in [-0.1, -0.05) is 13.3 Å². The van der Waals surface area contributed by atoms with E-state index in [9.17, 15) is 18.8 Å². The third-order valence-corrected chi connectivity index (χ3v) is 6.31. The number of Topliss-reactive ketones (excluding diaryl/α,β-unsaturated/α-hetero) is 1. The summed E-state index contributed by atoms with van der Waals surface area (Å²) in [5.74, 6) is -0.708. The van der Waals surface area contributed by atoms with Crippen molar-refractivity contribution in [3.05, 3.63) is 53.1 Å². The molecule has 7 nitrogen and oxygen atoms in total. The van der Waals surface area contributed by atoms with Crippen molar-refractivity contribution in [2.45, 2.75) is 39.0 Å². The lowest BCUT2D eigenvalue weighted by Gasteiger charge is -2.18. The Morgan fingerprint density at radius 3 is 2.82 bits per heavy atom. The van der Waals surface area contributed by atoms with Crippen LogP contribution in [0.15, 0.2) is 30.5 Å². The van der Waals surface area contributed by atoms with Gasteiger partial charge in [-0.25, -0.2) is 9.37 Å². The third-order valence-electron chi connectivity index (χ3n) is 6.31. The number of pyridine rings is 1. The second-order valence-electron chi connectivity index (χ2n) is 8.62. The smallest absolute Gasteiger partial charge is 0.272 e. The molecule has 0 bridgehead atoms. The fraction of sp³-hybridized carbons (Fsp3) is 0.440. The zero-order chi connectivity index (χ0) is 23.5. The minimum Gasteiger partial charge on any atom is -0.491 e. The quantitative estimate of drug-likeness (QED) is 0.610. The number of anilines is 1. The van der Waals surface area contributed by atoms with Gasteiger partial charge in [0.25, 0.3) is 5.91 Å². The lowest BCUT2D eigenvalue weighted by atomic mass is 10.1. The van der Waals surface area contributed by atoms with Crippen LogP contribution in [0.5, 0.6) is 5.75 Å². The van der Waals surface area contributed by atoms with Crippen molar-refractivity contribution in [2.24, 2.45) is 5.92 Å². The number of benzene rings is 1. The lowest BCUT2D eigenvalue weighted by molar-refractivity contribution is -0.121. The molecule has 1 aromatic heterocycles. The Labute approximate surface area is 192 Å². The Balaban J connectivity index is 1.35. The number of hydrogen-bond donors (Lipinski definition) is 0. The molecular weight excluding hydrogens is 425 g/mol. The molecule has 2 heterocycles. The fourth-order valence-electron chi connectivity index (χ4n) is 4.29. The van der Waals surface area contributed by atoms with Crippen LogP contribution >= 0.6 is 0 Å². The highest BCUT2D eigenvalue weighted by molar-refractivity contribution is 6.03. The molecule has 1 fully saturated rings. The maximum atomic E-state index is 14.4. The number of fused-ring (bicyclic) bond motifs is 1. The van der Waals surface area contributed by atoms with Gasteiger partial charge in [0.05, 0.1) is 18.7 Å². The number of halogens is 1. The van der Waals surface area contributed by atoms with Gasteiger partial charge >= 0.3 is 0 Å². The molecule has 4 rings (SSSR count). The number of carbonyl (C=O) groups is 3. The minimum absolute atomic E-state index is 0.0803. The normalized spacial score (nSPS) is 17.4. The Hall–Kier alpha value is -3.29.